The van der Waals surface area contributed by atoms with E-state index in [1.165, 1.54) is 0 Å². The van der Waals surface area contributed by atoms with Crippen molar-refractivity contribution in [1.29, 1.82) is 0 Å². The summed E-state index contributed by atoms with van der Waals surface area (Å²) in [6.45, 7) is 0.963. The summed E-state index contributed by atoms with van der Waals surface area (Å²) in [7, 11) is 0. The highest BCUT2D eigenvalue weighted by molar-refractivity contribution is 7.98. The van der Waals surface area contributed by atoms with Crippen LogP contribution in [0.5, 0.6) is 0 Å². The Kier molecular flexibility index (Phi) is 4.03. The van der Waals surface area contributed by atoms with E-state index in [2.05, 4.69) is 20.8 Å². The number of imidazole rings is 1. The Morgan fingerprint density at radius 2 is 2.24 bits per heavy atom. The van der Waals surface area contributed by atoms with Crippen molar-refractivity contribution in [3.8, 4) is 11.3 Å². The van der Waals surface area contributed by atoms with Crippen LogP contribution in [0.4, 0.5) is 5.69 Å². The van der Waals surface area contributed by atoms with Crippen LogP contribution in [0.3, 0.4) is 0 Å². The average molecular weight is 248 g/mol. The summed E-state index contributed by atoms with van der Waals surface area (Å²) in [6, 6.07) is 1.81. The maximum atomic E-state index is 5.95. The molecule has 2 N–H and O–H groups in total. The molecule has 0 aliphatic carbocycles. The number of anilines is 1. The lowest BCUT2D eigenvalue weighted by molar-refractivity contribution is 0.689. The van der Waals surface area contributed by atoms with Gasteiger partial charge in [0.2, 0.25) is 0 Å². The monoisotopic (exact) mass is 248 g/mol. The van der Waals surface area contributed by atoms with Crippen molar-refractivity contribution >= 4 is 17.4 Å². The van der Waals surface area contributed by atoms with Gasteiger partial charge in [-0.2, -0.15) is 11.8 Å². The van der Waals surface area contributed by atoms with Gasteiger partial charge in [0.05, 0.1) is 18.2 Å². The van der Waals surface area contributed by atoms with Gasteiger partial charge in [0.25, 0.3) is 0 Å². The van der Waals surface area contributed by atoms with E-state index >= 15 is 0 Å². The zero-order valence-corrected chi connectivity index (χ0v) is 10.7. The van der Waals surface area contributed by atoms with E-state index in [0.29, 0.717) is 0 Å². The first-order valence-electron chi connectivity index (χ1n) is 5.52. The van der Waals surface area contributed by atoms with Gasteiger partial charge in [-0.25, -0.2) is 4.98 Å². The summed E-state index contributed by atoms with van der Waals surface area (Å²) in [5.74, 6) is 1.15. The van der Waals surface area contributed by atoms with Crippen LogP contribution in [-0.4, -0.2) is 26.5 Å². The van der Waals surface area contributed by atoms with E-state index in [9.17, 15) is 0 Å². The Morgan fingerprint density at radius 1 is 1.35 bits per heavy atom. The summed E-state index contributed by atoms with van der Waals surface area (Å²) < 4.78 is 2.13. The fourth-order valence-electron chi connectivity index (χ4n) is 1.72. The molecule has 0 aliphatic heterocycles. The molecule has 5 heteroatoms. The molecule has 90 valence electrons. The van der Waals surface area contributed by atoms with Gasteiger partial charge >= 0.3 is 0 Å². The molecule has 2 aromatic rings. The van der Waals surface area contributed by atoms with Crippen molar-refractivity contribution in [2.24, 2.45) is 0 Å². The molecule has 0 spiro atoms. The van der Waals surface area contributed by atoms with Gasteiger partial charge in [0, 0.05) is 30.2 Å². The molecule has 0 atom stereocenters. The van der Waals surface area contributed by atoms with Crippen LogP contribution in [0.2, 0.25) is 0 Å². The van der Waals surface area contributed by atoms with Crippen molar-refractivity contribution in [2.45, 2.75) is 13.0 Å². The topological polar surface area (TPSA) is 56.7 Å². The Labute approximate surface area is 105 Å². The summed E-state index contributed by atoms with van der Waals surface area (Å²) >= 11 is 1.86. The molecule has 0 saturated heterocycles. The van der Waals surface area contributed by atoms with E-state index in [4.69, 9.17) is 5.73 Å². The summed E-state index contributed by atoms with van der Waals surface area (Å²) in [5, 5.41) is 0. The van der Waals surface area contributed by atoms with Crippen LogP contribution in [0.15, 0.2) is 31.0 Å². The SMILES string of the molecule is CSCCCn1cncc1-c1cnccc1N. The van der Waals surface area contributed by atoms with Crippen LogP contribution in [0, 0.1) is 0 Å². The second-order valence-corrected chi connectivity index (χ2v) is 4.77. The highest BCUT2D eigenvalue weighted by Gasteiger charge is 2.07. The third kappa shape index (κ3) is 2.79. The fraction of sp³-hybridized carbons (Fsp3) is 0.333. The fourth-order valence-corrected chi connectivity index (χ4v) is 2.14. The quantitative estimate of drug-likeness (QED) is 0.825. The molecule has 17 heavy (non-hydrogen) atoms. The minimum atomic E-state index is 0.742. The third-order valence-corrected chi connectivity index (χ3v) is 3.29. The maximum absolute atomic E-state index is 5.95. The summed E-state index contributed by atoms with van der Waals surface area (Å²) in [6.07, 6.45) is 10.4. The highest BCUT2D eigenvalue weighted by atomic mass is 32.2. The molecule has 0 aromatic carbocycles. The van der Waals surface area contributed by atoms with Gasteiger partial charge in [0.1, 0.15) is 0 Å². The number of rotatable bonds is 5. The van der Waals surface area contributed by atoms with Gasteiger partial charge < -0.3 is 10.3 Å². The first kappa shape index (κ1) is 12.0. The zero-order valence-electron chi connectivity index (χ0n) is 9.84. The number of pyridine rings is 1. The molecule has 0 aliphatic rings. The molecule has 0 bridgehead atoms. The second-order valence-electron chi connectivity index (χ2n) is 3.78. The van der Waals surface area contributed by atoms with Crippen molar-refractivity contribution in [3.05, 3.63) is 31.0 Å². The first-order valence-corrected chi connectivity index (χ1v) is 6.91. The third-order valence-electron chi connectivity index (χ3n) is 2.59. The van der Waals surface area contributed by atoms with Crippen molar-refractivity contribution < 1.29 is 0 Å². The molecule has 0 saturated carbocycles. The predicted octanol–water partition coefficient (Wildman–Crippen LogP) is 2.28. The number of nitrogens with zero attached hydrogens (tertiary/aromatic N) is 3. The lowest BCUT2D eigenvalue weighted by Crippen LogP contribution is -2.01. The molecule has 0 radical (unpaired) electrons. The van der Waals surface area contributed by atoms with Crippen LogP contribution >= 0.6 is 11.8 Å². The molecular weight excluding hydrogens is 232 g/mol. The average Bonchev–Trinajstić information content (AvgIpc) is 2.78. The zero-order chi connectivity index (χ0) is 12.1. The Bertz CT molecular complexity index is 481. The van der Waals surface area contributed by atoms with E-state index in [0.717, 1.165) is 35.7 Å². The van der Waals surface area contributed by atoms with Crippen molar-refractivity contribution in [2.75, 3.05) is 17.7 Å². The van der Waals surface area contributed by atoms with Crippen LogP contribution in [-0.2, 0) is 6.54 Å². The molecule has 0 unspecified atom stereocenters. The molecular formula is C12H16N4S. The molecule has 0 amide bonds. The van der Waals surface area contributed by atoms with Crippen LogP contribution in [0.1, 0.15) is 6.42 Å². The Morgan fingerprint density at radius 3 is 3.00 bits per heavy atom. The van der Waals surface area contributed by atoms with Gasteiger partial charge in [-0.1, -0.05) is 0 Å². The minimum Gasteiger partial charge on any atom is -0.398 e. The summed E-state index contributed by atoms with van der Waals surface area (Å²) in [5.41, 5.74) is 8.68. The second kappa shape index (κ2) is 5.72. The lowest BCUT2D eigenvalue weighted by atomic mass is 10.2. The molecule has 4 nitrogen and oxygen atoms in total. The van der Waals surface area contributed by atoms with E-state index < -0.39 is 0 Å². The smallest absolute Gasteiger partial charge is 0.0950 e. The van der Waals surface area contributed by atoms with E-state index in [1.807, 2.05) is 30.4 Å². The Hall–Kier alpha value is -1.49. The minimum absolute atomic E-state index is 0.742. The van der Waals surface area contributed by atoms with E-state index in [1.54, 1.807) is 12.4 Å². The molecule has 2 rings (SSSR count). The Balaban J connectivity index is 2.22. The number of aryl methyl sites for hydroxylation is 1. The summed E-state index contributed by atoms with van der Waals surface area (Å²) in [4.78, 5) is 8.31. The maximum Gasteiger partial charge on any atom is 0.0950 e. The predicted molar refractivity (Wildman–Crippen MR) is 72.9 cm³/mol. The number of nitrogens with two attached hydrogens (primary N) is 1. The number of hydrogen-bond donors (Lipinski definition) is 1. The number of nitrogen functional groups attached to an aromatic ring is 1. The van der Waals surface area contributed by atoms with Crippen molar-refractivity contribution in [1.82, 2.24) is 14.5 Å². The first-order chi connectivity index (χ1) is 8.33. The van der Waals surface area contributed by atoms with Gasteiger partial charge in [-0.3, -0.25) is 4.98 Å². The lowest BCUT2D eigenvalue weighted by Gasteiger charge is -2.09. The van der Waals surface area contributed by atoms with Crippen LogP contribution in [0.25, 0.3) is 11.3 Å². The van der Waals surface area contributed by atoms with Gasteiger partial charge in [-0.05, 0) is 24.5 Å². The normalized spacial score (nSPS) is 10.6. The number of thioether (sulfide) groups is 1. The standard InChI is InChI=1S/C12H16N4S/c1-17-6-2-5-16-9-15-8-12(16)10-7-14-4-3-11(10)13/h3-4,7-9H,2,5-6H2,1H3,(H2,13,14). The van der Waals surface area contributed by atoms with E-state index in [-0.39, 0.29) is 0 Å². The van der Waals surface area contributed by atoms with Gasteiger partial charge in [0.15, 0.2) is 0 Å². The highest BCUT2D eigenvalue weighted by Crippen LogP contribution is 2.24. The van der Waals surface area contributed by atoms with Crippen LogP contribution < -0.4 is 5.73 Å². The van der Waals surface area contributed by atoms with Gasteiger partial charge in [-0.15, -0.1) is 0 Å². The van der Waals surface area contributed by atoms with Crippen molar-refractivity contribution in [3.63, 3.8) is 0 Å². The number of aromatic nitrogens is 3. The molecule has 2 aromatic heterocycles. The molecule has 2 heterocycles. The number of hydrogen-bond acceptors (Lipinski definition) is 4. The largest absolute Gasteiger partial charge is 0.398 e. The molecule has 0 fully saturated rings.